The van der Waals surface area contributed by atoms with Gasteiger partial charge in [-0.2, -0.15) is 10.2 Å². The van der Waals surface area contributed by atoms with Crippen molar-refractivity contribution in [2.45, 2.75) is 6.61 Å². The summed E-state index contributed by atoms with van der Waals surface area (Å²) in [4.78, 5) is 58.7. The number of nitrogens with one attached hydrogen (secondary N) is 4. The Bertz CT molecular complexity index is 4520. The summed E-state index contributed by atoms with van der Waals surface area (Å²) >= 11 is 6.09. The first-order chi connectivity index (χ1) is 39.8. The zero-order valence-electron chi connectivity index (χ0n) is 42.4. The van der Waals surface area contributed by atoms with Crippen LogP contribution in [-0.4, -0.2) is 33.0 Å². The molecule has 0 atom stereocenters. The van der Waals surface area contributed by atoms with Crippen LogP contribution in [0.25, 0.3) is 53.9 Å². The van der Waals surface area contributed by atoms with Crippen molar-refractivity contribution < 1.29 is 34.4 Å². The number of imide groups is 1. The number of phenolic OH excluding ortho intramolecular Hbond substituents is 2. The van der Waals surface area contributed by atoms with Crippen LogP contribution in [0.5, 0.6) is 11.5 Å². The van der Waals surface area contributed by atoms with Gasteiger partial charge in [0.2, 0.25) is 0 Å². The Morgan fingerprint density at radius 2 is 1.32 bits per heavy atom. The summed E-state index contributed by atoms with van der Waals surface area (Å²) in [6.45, 7) is 7.82. The molecule has 0 spiro atoms. The Hall–Kier alpha value is -11.6. The van der Waals surface area contributed by atoms with Crippen molar-refractivity contribution in [1.29, 1.82) is 5.26 Å². The fourth-order valence-electron chi connectivity index (χ4n) is 9.38. The molecule has 0 bridgehead atoms. The third-order valence-corrected chi connectivity index (χ3v) is 13.6. The van der Waals surface area contributed by atoms with E-state index in [1.54, 1.807) is 97.1 Å². The van der Waals surface area contributed by atoms with Crippen molar-refractivity contribution in [3.8, 4) is 28.7 Å². The number of non-ortho nitro benzene ring substituents is 1. The zero-order valence-corrected chi connectivity index (χ0v) is 43.1. The first-order valence-electron chi connectivity index (χ1n) is 24.8. The Balaban J connectivity index is 0.821. The average molecular weight is 1100 g/mol. The lowest BCUT2D eigenvalue weighted by atomic mass is 9.99. The summed E-state index contributed by atoms with van der Waals surface area (Å²) < 4.78 is 0. The minimum absolute atomic E-state index is 0.120. The number of halogens is 1. The highest BCUT2D eigenvalue weighted by Gasteiger charge is 2.28. The molecule has 0 aromatic heterocycles. The molecule has 0 unspecified atom stereocenters. The highest BCUT2D eigenvalue weighted by Crippen LogP contribution is 2.49. The van der Waals surface area contributed by atoms with E-state index in [2.05, 4.69) is 46.7 Å². The maximum atomic E-state index is 13.5. The van der Waals surface area contributed by atoms with Gasteiger partial charge in [-0.25, -0.2) is 14.9 Å². The summed E-state index contributed by atoms with van der Waals surface area (Å²) in [7, 11) is 0. The van der Waals surface area contributed by atoms with Gasteiger partial charge in [-0.05, 0) is 147 Å². The van der Waals surface area contributed by atoms with Gasteiger partial charge in [0.05, 0.1) is 45.3 Å². The van der Waals surface area contributed by atoms with E-state index >= 15 is 0 Å². The first-order valence-corrected chi connectivity index (χ1v) is 25.2. The third-order valence-electron chi connectivity index (χ3n) is 13.3. The number of nitriles is 1. The van der Waals surface area contributed by atoms with Gasteiger partial charge in [0.15, 0.2) is 0 Å². The smallest absolute Gasteiger partial charge is 0.326 e. The molecule has 19 nitrogen and oxygen atoms in total. The molecule has 20 heteroatoms. The number of nitro benzene ring substituents is 1. The van der Waals surface area contributed by atoms with E-state index < -0.39 is 22.8 Å². The lowest BCUT2D eigenvalue weighted by molar-refractivity contribution is -0.384. The molecule has 1 aliphatic carbocycles. The van der Waals surface area contributed by atoms with E-state index in [9.17, 15) is 40.0 Å². The quantitative estimate of drug-likeness (QED) is 0.0159. The van der Waals surface area contributed by atoms with E-state index in [0.717, 1.165) is 16.2 Å². The topological polar surface area (TPSA) is 270 Å². The summed E-state index contributed by atoms with van der Waals surface area (Å²) in [5.41, 5.74) is 8.01. The van der Waals surface area contributed by atoms with Gasteiger partial charge in [0.1, 0.15) is 29.5 Å². The monoisotopic (exact) mass is 1100 g/mol. The van der Waals surface area contributed by atoms with Crippen molar-refractivity contribution in [2.75, 3.05) is 16.1 Å². The summed E-state index contributed by atoms with van der Waals surface area (Å²) in [6.07, 6.45) is 0. The third kappa shape index (κ3) is 10.7. The minimum Gasteiger partial charge on any atom is -0.506 e. The van der Waals surface area contributed by atoms with Crippen molar-refractivity contribution in [1.82, 2.24) is 5.32 Å². The second kappa shape index (κ2) is 22.4. The molecule has 0 heterocycles. The SMILES string of the molecule is [C-]#[N+]C(C#N)=C1c2cc(N=Nc3c(O)ccc4cc(C(=O)Nc5ccc(C(=O)NC(=O)Nc6ccccc6Cl)cc5)ccc34)ccc2-c2ccc(N=Nc3c(O)c(CONc4cccc([N+](=O)[O-])c4)cc4cc5ccccc5cc34)cc21. The number of nitro groups is 1. The minimum atomic E-state index is -0.771. The number of carbonyl (C=O) groups excluding carboxylic acids is 3. The maximum Gasteiger partial charge on any atom is 0.326 e. The number of phenols is 2. The molecule has 82 heavy (non-hydrogen) atoms. The molecule has 11 rings (SSSR count). The summed E-state index contributed by atoms with van der Waals surface area (Å²) in [6, 6.07) is 51.2. The van der Waals surface area contributed by atoms with Gasteiger partial charge in [-0.1, -0.05) is 78.3 Å². The molecule has 10 aromatic rings. The van der Waals surface area contributed by atoms with Crippen LogP contribution in [0.1, 0.15) is 37.4 Å². The van der Waals surface area contributed by atoms with E-state index in [-0.39, 0.29) is 52.0 Å². The molecule has 10 aromatic carbocycles. The summed E-state index contributed by atoms with van der Waals surface area (Å²) in [5.74, 6) is -1.53. The average Bonchev–Trinajstić information content (AvgIpc) is 3.50. The number of amides is 4. The first kappa shape index (κ1) is 52.4. The molecular formula is C62H38ClN11O8. The van der Waals surface area contributed by atoms with Gasteiger partial charge < -0.3 is 20.8 Å². The number of nitrogens with zero attached hydrogens (tertiary/aromatic N) is 7. The number of hydrogen-bond donors (Lipinski definition) is 6. The molecular weight excluding hydrogens is 1060 g/mol. The van der Waals surface area contributed by atoms with Gasteiger partial charge in [-0.15, -0.1) is 10.2 Å². The fourth-order valence-corrected chi connectivity index (χ4v) is 9.57. The zero-order chi connectivity index (χ0) is 57.0. The summed E-state index contributed by atoms with van der Waals surface area (Å²) in [5, 5.41) is 74.6. The fraction of sp³-hybridized carbons (Fsp3) is 0.0161. The number of hydrogen-bond acceptors (Lipinski definition) is 14. The lowest BCUT2D eigenvalue weighted by Crippen LogP contribution is -2.34. The van der Waals surface area contributed by atoms with Crippen LogP contribution >= 0.6 is 11.6 Å². The van der Waals surface area contributed by atoms with Gasteiger partial charge in [0.25, 0.3) is 23.2 Å². The van der Waals surface area contributed by atoms with Crippen LogP contribution in [0.3, 0.4) is 0 Å². The van der Waals surface area contributed by atoms with Crippen LogP contribution in [0.15, 0.2) is 208 Å². The molecule has 396 valence electrons. The number of fused-ring (bicyclic) bond motifs is 6. The van der Waals surface area contributed by atoms with E-state index in [1.807, 2.05) is 42.5 Å². The van der Waals surface area contributed by atoms with Gasteiger partial charge in [-0.3, -0.25) is 35.3 Å². The van der Waals surface area contributed by atoms with Crippen LogP contribution in [0, 0.1) is 28.0 Å². The number of anilines is 3. The lowest BCUT2D eigenvalue weighted by Gasteiger charge is -2.13. The molecule has 4 amide bonds. The molecule has 0 aliphatic heterocycles. The normalized spacial score (nSPS) is 12.2. The molecule has 6 N–H and O–H groups in total. The number of aromatic hydroxyl groups is 2. The van der Waals surface area contributed by atoms with E-state index in [1.165, 1.54) is 48.5 Å². The van der Waals surface area contributed by atoms with Crippen LogP contribution in [-0.2, 0) is 11.4 Å². The number of carbonyl (C=O) groups is 3. The van der Waals surface area contributed by atoms with Crippen molar-refractivity contribution >= 4 is 113 Å². The van der Waals surface area contributed by atoms with E-state index in [4.69, 9.17) is 23.0 Å². The standard InChI is InChI=1S/C62H38ClN11O8/c1-65-54(32-64)56-50-30-42(69-71-57-46-21-15-38(26-37(46)16-24-55(57)75)61(78)66-41-17-13-34(14-18-41)60(77)68-62(79)67-53-12-5-4-11-52(53)63)19-22-47(50)48-23-20-43(31-51(48)56)70-72-58-49-28-36-8-3-2-7-35(36)25-39(49)27-40(59(58)76)33-82-73-44-9-6-10-45(29-44)74(80)81/h2-31,73,75-76H,33H2,(H,66,78)(H2,67,68,77,79). The predicted molar refractivity (Wildman–Crippen MR) is 311 cm³/mol. The van der Waals surface area contributed by atoms with Crippen LogP contribution in [0.4, 0.5) is 50.3 Å². The van der Waals surface area contributed by atoms with Crippen LogP contribution in [0.2, 0.25) is 5.02 Å². The molecule has 0 radical (unpaired) electrons. The molecule has 0 saturated heterocycles. The highest BCUT2D eigenvalue weighted by atomic mass is 35.5. The Morgan fingerprint density at radius 3 is 2.01 bits per heavy atom. The number of para-hydroxylation sites is 1. The number of rotatable bonds is 13. The molecule has 1 aliphatic rings. The van der Waals surface area contributed by atoms with Crippen molar-refractivity contribution in [3.05, 3.63) is 242 Å². The maximum absolute atomic E-state index is 13.5. The number of azo groups is 2. The second-order valence-corrected chi connectivity index (χ2v) is 18.9. The second-order valence-electron chi connectivity index (χ2n) is 18.4. The number of urea groups is 1. The number of benzene rings is 10. The van der Waals surface area contributed by atoms with E-state index in [0.29, 0.717) is 83.0 Å². The van der Waals surface area contributed by atoms with Gasteiger partial charge in [0, 0.05) is 50.9 Å². The molecule has 0 fully saturated rings. The Labute approximate surface area is 469 Å². The van der Waals surface area contributed by atoms with Crippen LogP contribution < -0.4 is 21.4 Å². The Morgan fingerprint density at radius 1 is 0.634 bits per heavy atom. The Kier molecular flexibility index (Phi) is 14.3. The number of allylic oxidation sites excluding steroid dienone is 1. The highest BCUT2D eigenvalue weighted by molar-refractivity contribution is 6.33. The van der Waals surface area contributed by atoms with Crippen molar-refractivity contribution in [3.63, 3.8) is 0 Å². The predicted octanol–water partition coefficient (Wildman–Crippen LogP) is 15.9. The molecule has 0 saturated carbocycles. The largest absolute Gasteiger partial charge is 0.506 e. The van der Waals surface area contributed by atoms with Crippen molar-refractivity contribution in [2.24, 2.45) is 20.5 Å². The van der Waals surface area contributed by atoms with Gasteiger partial charge >= 0.3 is 6.03 Å².